The molecule has 4 aromatic rings. The topological polar surface area (TPSA) is 62.3 Å². The number of halogens is 1. The van der Waals surface area contributed by atoms with Gasteiger partial charge in [-0.2, -0.15) is 0 Å². The van der Waals surface area contributed by atoms with Gasteiger partial charge in [0.2, 0.25) is 5.91 Å². The van der Waals surface area contributed by atoms with Crippen LogP contribution in [0.15, 0.2) is 72.8 Å². The Bertz CT molecular complexity index is 1290. The van der Waals surface area contributed by atoms with E-state index < -0.39 is 0 Å². The molecule has 33 heavy (non-hydrogen) atoms. The number of benzene rings is 3. The summed E-state index contributed by atoms with van der Waals surface area (Å²) in [5.41, 5.74) is 3.17. The lowest BCUT2D eigenvalue weighted by molar-refractivity contribution is -0.121. The third kappa shape index (κ3) is 4.63. The van der Waals surface area contributed by atoms with Gasteiger partial charge in [0.15, 0.2) is 0 Å². The Hall–Kier alpha value is -3.22. The number of para-hydroxylation sites is 2. The van der Waals surface area contributed by atoms with Gasteiger partial charge in [0, 0.05) is 29.2 Å². The molecule has 0 bridgehead atoms. The Kier molecular flexibility index (Phi) is 6.11. The van der Waals surface area contributed by atoms with E-state index in [4.69, 9.17) is 16.6 Å². The van der Waals surface area contributed by atoms with Gasteiger partial charge in [0.05, 0.1) is 21.8 Å². The molecule has 0 saturated carbocycles. The van der Waals surface area contributed by atoms with Gasteiger partial charge in [-0.1, -0.05) is 35.9 Å². The fourth-order valence-corrected chi connectivity index (χ4v) is 5.28. The Morgan fingerprint density at radius 2 is 1.76 bits per heavy atom. The molecule has 1 fully saturated rings. The van der Waals surface area contributed by atoms with Crippen LogP contribution in [0, 0.1) is 5.92 Å². The molecule has 1 N–H and O–H groups in total. The van der Waals surface area contributed by atoms with Crippen LogP contribution in [0.5, 0.6) is 0 Å². The van der Waals surface area contributed by atoms with E-state index in [0.717, 1.165) is 39.3 Å². The summed E-state index contributed by atoms with van der Waals surface area (Å²) < 4.78 is 1.11. The maximum absolute atomic E-state index is 13.2. The molecule has 2 amide bonds. The molecular formula is C26H22ClN3O2S. The van der Waals surface area contributed by atoms with E-state index in [-0.39, 0.29) is 17.7 Å². The summed E-state index contributed by atoms with van der Waals surface area (Å²) in [6.45, 7) is 1.05. The van der Waals surface area contributed by atoms with Crippen LogP contribution in [0.3, 0.4) is 0 Å². The van der Waals surface area contributed by atoms with E-state index in [1.54, 1.807) is 40.5 Å². The van der Waals surface area contributed by atoms with Crippen molar-refractivity contribution in [3.8, 4) is 10.6 Å². The second kappa shape index (κ2) is 9.33. The highest BCUT2D eigenvalue weighted by Gasteiger charge is 2.29. The van der Waals surface area contributed by atoms with Crippen LogP contribution in [-0.4, -0.2) is 34.8 Å². The number of thiazole rings is 1. The van der Waals surface area contributed by atoms with Crippen molar-refractivity contribution >= 4 is 50.7 Å². The van der Waals surface area contributed by atoms with E-state index in [1.165, 1.54) is 0 Å². The summed E-state index contributed by atoms with van der Waals surface area (Å²) in [6, 6.07) is 22.6. The van der Waals surface area contributed by atoms with Gasteiger partial charge in [-0.05, 0) is 61.4 Å². The molecule has 5 nitrogen and oxygen atoms in total. The van der Waals surface area contributed by atoms with Crippen molar-refractivity contribution in [2.45, 2.75) is 12.8 Å². The zero-order valence-electron chi connectivity index (χ0n) is 17.8. The molecule has 1 aliphatic rings. The van der Waals surface area contributed by atoms with Crippen LogP contribution >= 0.6 is 22.9 Å². The van der Waals surface area contributed by atoms with E-state index >= 15 is 0 Å². The summed E-state index contributed by atoms with van der Waals surface area (Å²) in [5.74, 6) is -0.408. The minimum atomic E-state index is -0.265. The molecule has 5 rings (SSSR count). The number of piperidine rings is 1. The van der Waals surface area contributed by atoms with Gasteiger partial charge in [-0.3, -0.25) is 9.59 Å². The van der Waals surface area contributed by atoms with E-state index in [2.05, 4.69) is 5.32 Å². The molecule has 1 aromatic heterocycles. The molecule has 0 aliphatic carbocycles. The van der Waals surface area contributed by atoms with Crippen molar-refractivity contribution < 1.29 is 9.59 Å². The molecule has 3 aromatic carbocycles. The second-order valence-electron chi connectivity index (χ2n) is 8.12. The first-order chi connectivity index (χ1) is 16.1. The average Bonchev–Trinajstić information content (AvgIpc) is 3.29. The van der Waals surface area contributed by atoms with Crippen LogP contribution in [0.4, 0.5) is 5.69 Å². The van der Waals surface area contributed by atoms with Gasteiger partial charge in [-0.25, -0.2) is 4.98 Å². The molecule has 1 atom stereocenters. The predicted molar refractivity (Wildman–Crippen MR) is 134 cm³/mol. The lowest BCUT2D eigenvalue weighted by Gasteiger charge is -2.32. The van der Waals surface area contributed by atoms with Crippen LogP contribution < -0.4 is 5.32 Å². The third-order valence-corrected chi connectivity index (χ3v) is 7.20. The summed E-state index contributed by atoms with van der Waals surface area (Å²) in [6.07, 6.45) is 1.54. The standard InChI is InChI=1S/C26H22ClN3O2S/c27-19-13-11-17(12-14-19)26(32)30-15-5-6-18(16-30)24(31)28-21-8-2-1-7-20(21)25-29-22-9-3-4-10-23(22)33-25/h1-4,7-14,18H,5-6,15-16H2,(H,28,31)/t18-/m1/s1. The first-order valence-corrected chi connectivity index (χ1v) is 12.1. The molecule has 0 spiro atoms. The number of hydrogen-bond donors (Lipinski definition) is 1. The summed E-state index contributed by atoms with van der Waals surface area (Å²) in [7, 11) is 0. The van der Waals surface area contributed by atoms with Gasteiger partial charge in [0.25, 0.3) is 5.91 Å². The lowest BCUT2D eigenvalue weighted by atomic mass is 9.96. The Morgan fingerprint density at radius 1 is 1.00 bits per heavy atom. The number of hydrogen-bond acceptors (Lipinski definition) is 4. The number of aromatic nitrogens is 1. The molecule has 166 valence electrons. The van der Waals surface area contributed by atoms with Crippen LogP contribution in [0.2, 0.25) is 5.02 Å². The van der Waals surface area contributed by atoms with E-state index in [0.29, 0.717) is 23.7 Å². The molecule has 0 unspecified atom stereocenters. The molecule has 2 heterocycles. The largest absolute Gasteiger partial charge is 0.338 e. The van der Waals surface area contributed by atoms with E-state index in [9.17, 15) is 9.59 Å². The zero-order chi connectivity index (χ0) is 22.8. The van der Waals surface area contributed by atoms with Crippen LogP contribution in [0.25, 0.3) is 20.8 Å². The normalized spacial score (nSPS) is 16.0. The second-order valence-corrected chi connectivity index (χ2v) is 9.59. The van der Waals surface area contributed by atoms with Crippen molar-refractivity contribution in [3.63, 3.8) is 0 Å². The fraction of sp³-hybridized carbons (Fsp3) is 0.192. The minimum Gasteiger partial charge on any atom is -0.338 e. The smallest absolute Gasteiger partial charge is 0.253 e. The quantitative estimate of drug-likeness (QED) is 0.387. The number of anilines is 1. The van der Waals surface area contributed by atoms with Gasteiger partial charge in [0.1, 0.15) is 5.01 Å². The van der Waals surface area contributed by atoms with Crippen LogP contribution in [-0.2, 0) is 4.79 Å². The molecule has 1 aliphatic heterocycles. The number of rotatable bonds is 4. The Balaban J connectivity index is 1.32. The number of carbonyl (C=O) groups excluding carboxylic acids is 2. The molecule has 7 heteroatoms. The number of amides is 2. The van der Waals surface area contributed by atoms with Crippen molar-refractivity contribution in [3.05, 3.63) is 83.4 Å². The molecule has 0 radical (unpaired) electrons. The predicted octanol–water partition coefficient (Wildman–Crippen LogP) is 6.11. The number of likely N-dealkylation sites (tertiary alicyclic amines) is 1. The molecular weight excluding hydrogens is 454 g/mol. The molecule has 1 saturated heterocycles. The van der Waals surface area contributed by atoms with Gasteiger partial charge in [-0.15, -0.1) is 11.3 Å². The number of fused-ring (bicyclic) bond motifs is 1. The highest BCUT2D eigenvalue weighted by Crippen LogP contribution is 2.35. The van der Waals surface area contributed by atoms with Gasteiger partial charge < -0.3 is 10.2 Å². The van der Waals surface area contributed by atoms with Crippen molar-refractivity contribution in [2.75, 3.05) is 18.4 Å². The van der Waals surface area contributed by atoms with Crippen LogP contribution in [0.1, 0.15) is 23.2 Å². The van der Waals surface area contributed by atoms with Gasteiger partial charge >= 0.3 is 0 Å². The number of carbonyl (C=O) groups is 2. The minimum absolute atomic E-state index is 0.0703. The van der Waals surface area contributed by atoms with Crippen molar-refractivity contribution in [2.24, 2.45) is 5.92 Å². The van der Waals surface area contributed by atoms with Crippen molar-refractivity contribution in [1.29, 1.82) is 0 Å². The van der Waals surface area contributed by atoms with E-state index in [1.807, 2.05) is 48.5 Å². The summed E-state index contributed by atoms with van der Waals surface area (Å²) >= 11 is 7.55. The SMILES string of the molecule is O=C(Nc1ccccc1-c1nc2ccccc2s1)[C@@H]1CCCN(C(=O)c2ccc(Cl)cc2)C1. The number of nitrogens with zero attached hydrogens (tertiary/aromatic N) is 2. The summed E-state index contributed by atoms with van der Waals surface area (Å²) in [4.78, 5) is 32.6. The number of nitrogens with one attached hydrogen (secondary N) is 1. The zero-order valence-corrected chi connectivity index (χ0v) is 19.4. The summed E-state index contributed by atoms with van der Waals surface area (Å²) in [5, 5.41) is 4.56. The first-order valence-electron chi connectivity index (χ1n) is 10.9. The fourth-order valence-electron chi connectivity index (χ4n) is 4.15. The Morgan fingerprint density at radius 3 is 2.58 bits per heavy atom. The Labute approximate surface area is 201 Å². The maximum atomic E-state index is 13.2. The monoisotopic (exact) mass is 475 g/mol. The highest BCUT2D eigenvalue weighted by molar-refractivity contribution is 7.21. The first kappa shape index (κ1) is 21.6. The average molecular weight is 476 g/mol. The highest BCUT2D eigenvalue weighted by atomic mass is 35.5. The maximum Gasteiger partial charge on any atom is 0.253 e. The van der Waals surface area contributed by atoms with Crippen molar-refractivity contribution in [1.82, 2.24) is 9.88 Å². The lowest BCUT2D eigenvalue weighted by Crippen LogP contribution is -2.43. The third-order valence-electron chi connectivity index (χ3n) is 5.88.